The second-order valence-corrected chi connectivity index (χ2v) is 11.7. The first-order valence-electron chi connectivity index (χ1n) is 12.5. The molecular weight excluding hydrogens is 354 g/mol. The molecule has 0 saturated heterocycles. The molecule has 0 aromatic rings. The molecule has 0 bridgehead atoms. The molecule has 4 fully saturated rings. The minimum Gasteiger partial charge on any atom is -0.316 e. The lowest BCUT2D eigenvalue weighted by atomic mass is 9.47. The third-order valence-corrected chi connectivity index (χ3v) is 10.4. The normalized spacial score (nSPS) is 45.0. The molecule has 0 aliphatic heterocycles. The molecule has 5 aliphatic rings. The molecule has 0 heterocycles. The molecule has 0 aromatic carbocycles. The molecule has 0 aromatic heterocycles. The SMILES string of the molecule is C=C1CCC2C3CC=C4CC(=O)C(CNCC5CCCC5)CC4(C)C3CCC12C. The van der Waals surface area contributed by atoms with E-state index >= 15 is 0 Å². The second kappa shape index (κ2) is 7.36. The van der Waals surface area contributed by atoms with Crippen molar-refractivity contribution < 1.29 is 4.79 Å². The predicted molar refractivity (Wildman–Crippen MR) is 120 cm³/mol. The van der Waals surface area contributed by atoms with Gasteiger partial charge in [-0.2, -0.15) is 0 Å². The van der Waals surface area contributed by atoms with E-state index in [-0.39, 0.29) is 11.3 Å². The molecule has 0 spiro atoms. The molecule has 0 amide bonds. The van der Waals surface area contributed by atoms with Gasteiger partial charge in [0, 0.05) is 18.9 Å². The van der Waals surface area contributed by atoms with Crippen LogP contribution in [0.1, 0.15) is 84.5 Å². The van der Waals surface area contributed by atoms with Crippen molar-refractivity contribution in [1.82, 2.24) is 5.32 Å². The standard InChI is InChI=1S/C27H41NO/c1-18-8-11-23-22-10-9-21-14-25(29)20(17-28-16-19-6-4-5-7-19)15-27(21,3)24(22)12-13-26(18,23)2/h9,19-20,22-24,28H,1,4-8,10-17H2,2-3H3. The fourth-order valence-corrected chi connectivity index (χ4v) is 8.44. The summed E-state index contributed by atoms with van der Waals surface area (Å²) in [6.07, 6.45) is 16.3. The summed E-state index contributed by atoms with van der Waals surface area (Å²) in [5.41, 5.74) is 3.65. The Hall–Kier alpha value is -0.890. The van der Waals surface area contributed by atoms with Crippen molar-refractivity contribution in [2.75, 3.05) is 13.1 Å². The zero-order chi connectivity index (χ0) is 20.2. The van der Waals surface area contributed by atoms with Crippen LogP contribution < -0.4 is 5.32 Å². The summed E-state index contributed by atoms with van der Waals surface area (Å²) in [7, 11) is 0. The van der Waals surface area contributed by atoms with Crippen LogP contribution in [0.4, 0.5) is 0 Å². The second-order valence-electron chi connectivity index (χ2n) is 11.7. The van der Waals surface area contributed by atoms with E-state index in [0.29, 0.717) is 11.2 Å². The smallest absolute Gasteiger partial charge is 0.141 e. The molecule has 2 heteroatoms. The van der Waals surface area contributed by atoms with Gasteiger partial charge in [-0.05, 0) is 92.4 Å². The number of fused-ring (bicyclic) bond motifs is 5. The van der Waals surface area contributed by atoms with Crippen molar-refractivity contribution in [1.29, 1.82) is 0 Å². The first-order chi connectivity index (χ1) is 13.9. The van der Waals surface area contributed by atoms with Crippen molar-refractivity contribution in [3.8, 4) is 0 Å². The highest BCUT2D eigenvalue weighted by atomic mass is 16.1. The van der Waals surface area contributed by atoms with Crippen LogP contribution in [-0.2, 0) is 4.79 Å². The maximum atomic E-state index is 13.0. The van der Waals surface area contributed by atoms with Crippen molar-refractivity contribution >= 4 is 5.78 Å². The Balaban J connectivity index is 1.31. The van der Waals surface area contributed by atoms with E-state index in [4.69, 9.17) is 0 Å². The van der Waals surface area contributed by atoms with Gasteiger partial charge < -0.3 is 5.32 Å². The maximum Gasteiger partial charge on any atom is 0.141 e. The molecule has 0 radical (unpaired) electrons. The van der Waals surface area contributed by atoms with E-state index in [1.807, 2.05) is 0 Å². The van der Waals surface area contributed by atoms with Crippen LogP contribution >= 0.6 is 0 Å². The van der Waals surface area contributed by atoms with Crippen LogP contribution in [-0.4, -0.2) is 18.9 Å². The largest absolute Gasteiger partial charge is 0.316 e. The average molecular weight is 396 g/mol. The van der Waals surface area contributed by atoms with Gasteiger partial charge in [0.15, 0.2) is 0 Å². The van der Waals surface area contributed by atoms with Crippen LogP contribution in [0.15, 0.2) is 23.8 Å². The van der Waals surface area contributed by atoms with E-state index in [1.165, 1.54) is 68.9 Å². The lowest BCUT2D eigenvalue weighted by Crippen LogP contribution is -2.51. The van der Waals surface area contributed by atoms with Crippen molar-refractivity contribution in [3.05, 3.63) is 23.8 Å². The quantitative estimate of drug-likeness (QED) is 0.584. The third-order valence-electron chi connectivity index (χ3n) is 10.4. The highest BCUT2D eigenvalue weighted by Gasteiger charge is 2.57. The fourth-order valence-electron chi connectivity index (χ4n) is 8.44. The molecule has 29 heavy (non-hydrogen) atoms. The molecule has 6 atom stereocenters. The van der Waals surface area contributed by atoms with Gasteiger partial charge in [-0.3, -0.25) is 4.79 Å². The fraction of sp³-hybridized carbons (Fsp3) is 0.815. The van der Waals surface area contributed by atoms with E-state index in [9.17, 15) is 4.79 Å². The Bertz CT molecular complexity index is 716. The number of carbonyl (C=O) groups is 1. The van der Waals surface area contributed by atoms with Crippen molar-refractivity contribution in [3.63, 3.8) is 0 Å². The minimum absolute atomic E-state index is 0.226. The number of carbonyl (C=O) groups excluding carboxylic acids is 1. The Morgan fingerprint density at radius 3 is 2.62 bits per heavy atom. The highest BCUT2D eigenvalue weighted by molar-refractivity contribution is 5.85. The Kier molecular flexibility index (Phi) is 5.09. The van der Waals surface area contributed by atoms with Gasteiger partial charge in [-0.25, -0.2) is 0 Å². The number of allylic oxidation sites excluding steroid dienone is 3. The lowest BCUT2D eigenvalue weighted by Gasteiger charge is -2.57. The van der Waals surface area contributed by atoms with Gasteiger partial charge in [0.2, 0.25) is 0 Å². The number of nitrogens with one attached hydrogen (secondary N) is 1. The number of ketones is 1. The lowest BCUT2D eigenvalue weighted by molar-refractivity contribution is -0.127. The van der Waals surface area contributed by atoms with Gasteiger partial charge in [-0.1, -0.05) is 50.5 Å². The zero-order valence-corrected chi connectivity index (χ0v) is 18.8. The third kappa shape index (κ3) is 3.20. The number of hydrogen-bond donors (Lipinski definition) is 1. The number of Topliss-reactive ketones (excluding diaryl/α,β-unsaturated/α-hetero) is 1. The van der Waals surface area contributed by atoms with Crippen LogP contribution in [0.5, 0.6) is 0 Å². The van der Waals surface area contributed by atoms with Gasteiger partial charge in [0.25, 0.3) is 0 Å². The van der Waals surface area contributed by atoms with Gasteiger partial charge in [-0.15, -0.1) is 0 Å². The van der Waals surface area contributed by atoms with E-state index in [1.54, 1.807) is 0 Å². The summed E-state index contributed by atoms with van der Waals surface area (Å²) in [5, 5.41) is 3.71. The first-order valence-corrected chi connectivity index (χ1v) is 12.5. The molecule has 5 rings (SSSR count). The molecular formula is C27H41NO. The van der Waals surface area contributed by atoms with Gasteiger partial charge in [0.1, 0.15) is 5.78 Å². The van der Waals surface area contributed by atoms with Crippen molar-refractivity contribution in [2.24, 2.45) is 40.4 Å². The van der Waals surface area contributed by atoms with E-state index in [0.717, 1.165) is 49.6 Å². The highest BCUT2D eigenvalue weighted by Crippen LogP contribution is 2.65. The van der Waals surface area contributed by atoms with Crippen molar-refractivity contribution in [2.45, 2.75) is 84.5 Å². The Morgan fingerprint density at radius 1 is 1.07 bits per heavy atom. The summed E-state index contributed by atoms with van der Waals surface area (Å²) in [5.74, 6) is 3.98. The van der Waals surface area contributed by atoms with Crippen LogP contribution in [0.3, 0.4) is 0 Å². The summed E-state index contributed by atoms with van der Waals surface area (Å²) < 4.78 is 0. The maximum absolute atomic E-state index is 13.0. The zero-order valence-electron chi connectivity index (χ0n) is 18.8. The molecule has 160 valence electrons. The predicted octanol–water partition coefficient (Wildman–Crippen LogP) is 6.08. The monoisotopic (exact) mass is 395 g/mol. The van der Waals surface area contributed by atoms with Gasteiger partial charge in [0.05, 0.1) is 0 Å². The summed E-state index contributed by atoms with van der Waals surface area (Å²) in [6.45, 7) is 11.5. The first kappa shape index (κ1) is 20.0. The summed E-state index contributed by atoms with van der Waals surface area (Å²) in [6, 6.07) is 0. The summed E-state index contributed by atoms with van der Waals surface area (Å²) >= 11 is 0. The molecule has 1 N–H and O–H groups in total. The van der Waals surface area contributed by atoms with Gasteiger partial charge >= 0.3 is 0 Å². The van der Waals surface area contributed by atoms with Crippen LogP contribution in [0, 0.1) is 40.4 Å². The Labute approximate surface area is 178 Å². The van der Waals surface area contributed by atoms with E-state index < -0.39 is 0 Å². The van der Waals surface area contributed by atoms with Crippen LogP contribution in [0.2, 0.25) is 0 Å². The number of rotatable bonds is 4. The molecule has 6 unspecified atom stereocenters. The van der Waals surface area contributed by atoms with E-state index in [2.05, 4.69) is 31.8 Å². The topological polar surface area (TPSA) is 29.1 Å². The molecule has 5 aliphatic carbocycles. The summed E-state index contributed by atoms with van der Waals surface area (Å²) in [4.78, 5) is 13.0. The minimum atomic E-state index is 0.226. The average Bonchev–Trinajstić information content (AvgIpc) is 3.31. The number of hydrogen-bond acceptors (Lipinski definition) is 2. The molecule has 4 saturated carbocycles. The van der Waals surface area contributed by atoms with Crippen LogP contribution in [0.25, 0.3) is 0 Å². The Morgan fingerprint density at radius 2 is 1.83 bits per heavy atom. The molecule has 2 nitrogen and oxygen atoms in total.